The van der Waals surface area contributed by atoms with E-state index in [0.29, 0.717) is 0 Å². The van der Waals surface area contributed by atoms with Crippen LogP contribution in [0.1, 0.15) is 0 Å². The molecule has 0 aromatic carbocycles. The zero-order valence-corrected chi connectivity index (χ0v) is 2.12. The van der Waals surface area contributed by atoms with Gasteiger partial charge in [0.15, 0.2) is 0 Å². The molecule has 0 aromatic heterocycles. The van der Waals surface area contributed by atoms with Gasteiger partial charge in [0.25, 0.3) is 0 Å². The molecule has 0 rings (SSSR count). The number of rotatable bonds is 0. The summed E-state index contributed by atoms with van der Waals surface area (Å²) in [6.45, 7) is 0. The number of hydrogen-bond donors (Lipinski definition) is 0. The van der Waals surface area contributed by atoms with Crippen molar-refractivity contribution in [2.45, 2.75) is 0 Å². The third-order valence-electron chi connectivity index (χ3n) is 0. The van der Waals surface area contributed by atoms with Gasteiger partial charge in [-0.3, -0.25) is 0 Å². The molecule has 0 spiro atoms. The second kappa shape index (κ2) is 745. The lowest BCUT2D eigenvalue weighted by Gasteiger charge is -0.00100. The topological polar surface area (TPSA) is 146 Å². The lowest BCUT2D eigenvalue weighted by atomic mass is 14.0. The highest BCUT2D eigenvalue weighted by atomic mass is 16.0. The van der Waals surface area contributed by atoms with Crippen LogP contribution in [-0.4, -0.2) is 0 Å². The van der Waals surface area contributed by atoms with E-state index in [1.165, 1.54) is 0 Å². The zero-order valence-electron chi connectivity index (χ0n) is 2.12. The van der Waals surface area contributed by atoms with Crippen molar-refractivity contribution >= 4 is 0 Å². The predicted octanol–water partition coefficient (Wildman–Crippen LogP) is -1.32. The minimum atomic E-state index is 0. The molecule has 0 aliphatic rings. The minimum Gasteiger partial charge on any atom is 0 e. The number of hydrogen-bond acceptors (Lipinski definition) is 0. The van der Waals surface area contributed by atoms with Crippen LogP contribution in [0.2, 0.25) is 0 Å². The molecule has 28 valence electrons. The summed E-state index contributed by atoms with van der Waals surface area (Å²) in [5, 5.41) is 0. The van der Waals surface area contributed by atoms with Crippen molar-refractivity contribution in [2.24, 2.45) is 0 Å². The Hall–Kier alpha value is -0.200. The van der Waals surface area contributed by atoms with Crippen LogP contribution in [0.25, 0.3) is 0 Å². The van der Waals surface area contributed by atoms with Crippen molar-refractivity contribution < 1.29 is 16.4 Å². The van der Waals surface area contributed by atoms with Crippen LogP contribution in [0.3, 0.4) is 0 Å². The van der Waals surface area contributed by atoms with E-state index in [1.807, 2.05) is 0 Å². The van der Waals surface area contributed by atoms with Gasteiger partial charge < -0.3 is 0 Å². The first-order valence-electron chi connectivity index (χ1n) is 0. The fraction of sp³-hybridized carbons (Fsp3) is 0. The van der Waals surface area contributed by atoms with Crippen molar-refractivity contribution in [3.05, 3.63) is 0 Å². The van der Waals surface area contributed by atoms with Crippen molar-refractivity contribution in [3.63, 3.8) is 0 Å². The second-order valence-electron chi connectivity index (χ2n) is 0. The Kier molecular flexibility index (Phi) is 258000. The summed E-state index contributed by atoms with van der Waals surface area (Å²) in [5.74, 6) is 0. The Balaban J connectivity index is 0. The number of nitrogens with zero attached hydrogens (tertiary/aromatic N) is 2. The maximum atomic E-state index is 0. The average Bonchev–Trinajstić information content (AvgIpc) is 0. The SMILES string of the molecule is [N].[N].[O].[O].[O]. The first kappa shape index (κ1) is 1730. The summed E-state index contributed by atoms with van der Waals surface area (Å²) in [7, 11) is 0. The van der Waals surface area contributed by atoms with E-state index in [9.17, 15) is 0 Å². The summed E-state index contributed by atoms with van der Waals surface area (Å²) in [4.78, 5) is 0. The molecule has 5 heavy (non-hydrogen) atoms. The zero-order chi connectivity index (χ0) is 0. The molecule has 0 aliphatic carbocycles. The molecule has 12 radical (unpaired) electrons. The molecule has 0 bridgehead atoms. The molecule has 0 amide bonds. The van der Waals surface area contributed by atoms with Gasteiger partial charge in [0.1, 0.15) is 0 Å². The van der Waals surface area contributed by atoms with Gasteiger partial charge in [-0.25, -0.2) is 0 Å². The Bertz CT molecular complexity index is 4.85. The van der Waals surface area contributed by atoms with Gasteiger partial charge in [0.05, 0.1) is 0 Å². The van der Waals surface area contributed by atoms with E-state index in [0.717, 1.165) is 0 Å². The van der Waals surface area contributed by atoms with Gasteiger partial charge in [-0.15, -0.1) is 0 Å². The molecule has 0 saturated carbocycles. The molecule has 0 unspecified atom stereocenters. The second-order valence-corrected chi connectivity index (χ2v) is 0. The molecule has 0 heterocycles. The van der Waals surface area contributed by atoms with Crippen molar-refractivity contribution in [2.75, 3.05) is 0 Å². The lowest BCUT2D eigenvalue weighted by molar-refractivity contribution is 0.685. The van der Waals surface area contributed by atoms with E-state index >= 15 is 0 Å². The van der Waals surface area contributed by atoms with E-state index in [4.69, 9.17) is 0 Å². The van der Waals surface area contributed by atoms with E-state index < -0.39 is 0 Å². The first-order chi connectivity index (χ1) is 0. The summed E-state index contributed by atoms with van der Waals surface area (Å²) < 4.78 is 0. The van der Waals surface area contributed by atoms with Crippen molar-refractivity contribution in [1.29, 1.82) is 0 Å². The molecule has 0 N–H and O–H groups in total. The highest BCUT2D eigenvalue weighted by Gasteiger charge is 0.00400. The van der Waals surface area contributed by atoms with Crippen molar-refractivity contribution in [3.8, 4) is 0 Å². The molecular formula is N2O3. The molecule has 5 nitrogen and oxygen atoms in total. The molecule has 0 saturated heterocycles. The molecule has 5 heteroatoms. The largest absolute Gasteiger partial charge is 0 e. The van der Waals surface area contributed by atoms with Crippen LogP contribution in [0.4, 0.5) is 0 Å². The highest BCUT2D eigenvalue weighted by molar-refractivity contribution is 2.14. The van der Waals surface area contributed by atoms with Gasteiger partial charge in [0.2, 0.25) is 0 Å². The maximum absolute atomic E-state index is 0. The van der Waals surface area contributed by atoms with Gasteiger partial charge in [-0.2, -0.15) is 0 Å². The van der Waals surface area contributed by atoms with Gasteiger partial charge in [0, 0.05) is 28.7 Å². The maximum Gasteiger partial charge on any atom is 0 e. The Morgan fingerprint density at radius 1 is 0.400 bits per heavy atom. The van der Waals surface area contributed by atoms with E-state index in [-0.39, 0.29) is 28.7 Å². The molecule has 0 aliphatic heterocycles. The normalized spacial score (nSPS) is 0. The fourth-order valence-corrected chi connectivity index (χ4v) is 0. The quantitative estimate of drug-likeness (QED) is 0.336. The Morgan fingerprint density at radius 2 is 0.400 bits per heavy atom. The molecule has 0 fully saturated rings. The Labute approximate surface area is 30.1 Å². The predicted molar refractivity (Wildman–Crippen MR) is 6.33 cm³/mol. The molecule has 0 aromatic rings. The lowest BCUT2D eigenvalue weighted by Crippen LogP contribution is -0.482. The summed E-state index contributed by atoms with van der Waals surface area (Å²) >= 11 is 0. The van der Waals surface area contributed by atoms with Crippen LogP contribution in [0.5, 0.6) is 0 Å². The van der Waals surface area contributed by atoms with Crippen LogP contribution < -0.4 is 12.3 Å². The van der Waals surface area contributed by atoms with Crippen LogP contribution >= 0.6 is 0 Å². The van der Waals surface area contributed by atoms with Gasteiger partial charge in [-0.05, 0) is 0 Å². The van der Waals surface area contributed by atoms with E-state index in [2.05, 4.69) is 0 Å². The third-order valence-corrected chi connectivity index (χ3v) is 0. The smallest absolute Gasteiger partial charge is 0 e. The highest BCUT2D eigenvalue weighted by Crippen LogP contribution is -0.117. The molecule has 0 atom stereocenters. The molecular weight excluding hydrogens is 76.0 g/mol. The van der Waals surface area contributed by atoms with Crippen LogP contribution in [0.15, 0.2) is 0 Å². The standard InChI is InChI=1S/2N.3O. The van der Waals surface area contributed by atoms with E-state index in [1.54, 1.807) is 0 Å². The summed E-state index contributed by atoms with van der Waals surface area (Å²) in [6, 6.07) is 0. The van der Waals surface area contributed by atoms with Crippen LogP contribution in [-0.2, 0) is 16.4 Å². The van der Waals surface area contributed by atoms with Gasteiger partial charge in [-0.1, -0.05) is 0 Å². The monoisotopic (exact) mass is 76.0 g/mol. The summed E-state index contributed by atoms with van der Waals surface area (Å²) in [6.07, 6.45) is 0. The average molecular weight is 76.0 g/mol. The van der Waals surface area contributed by atoms with Gasteiger partial charge >= 0.3 is 0 Å². The Morgan fingerprint density at radius 3 is 0.400 bits per heavy atom. The fourth-order valence-electron chi connectivity index (χ4n) is 0. The van der Waals surface area contributed by atoms with Crippen molar-refractivity contribution in [1.82, 2.24) is 12.3 Å². The third kappa shape index (κ3) is 308. The van der Waals surface area contributed by atoms with Crippen LogP contribution in [0, 0.1) is 0 Å². The summed E-state index contributed by atoms with van der Waals surface area (Å²) in [5.41, 5.74) is 0. The first-order valence-corrected chi connectivity index (χ1v) is 0. The minimum absolute atomic E-state index is 0.